The largest absolute Gasteiger partial charge is 0.390 e. The van der Waals surface area contributed by atoms with E-state index in [1.165, 1.54) is 11.1 Å². The fourth-order valence-electron chi connectivity index (χ4n) is 7.15. The van der Waals surface area contributed by atoms with Crippen LogP contribution in [0.1, 0.15) is 64.4 Å². The molecule has 0 radical (unpaired) electrons. The van der Waals surface area contributed by atoms with Crippen molar-refractivity contribution in [3.05, 3.63) is 64.7 Å². The van der Waals surface area contributed by atoms with Crippen molar-refractivity contribution in [2.24, 2.45) is 0 Å². The van der Waals surface area contributed by atoms with Gasteiger partial charge in [-0.25, -0.2) is 0 Å². The number of amides is 2. The summed E-state index contributed by atoms with van der Waals surface area (Å²) in [5, 5.41) is 14.6. The third kappa shape index (κ3) is 4.94. The zero-order chi connectivity index (χ0) is 27.1. The van der Waals surface area contributed by atoms with Gasteiger partial charge in [-0.15, -0.1) is 0 Å². The quantitative estimate of drug-likeness (QED) is 0.595. The van der Waals surface area contributed by atoms with E-state index in [-0.39, 0.29) is 42.6 Å². The molecule has 4 aliphatic rings. The maximum Gasteiger partial charge on any atom is 0.256 e. The minimum Gasteiger partial charge on any atom is -0.390 e. The SMILES string of the molecule is CCN1CCN(CC(O)[C@@H]2Cc3ccccc3CN2)C(=O)c2ccc(C(=O)N3C4CCC3CC(OC)C4)cc21. The molecule has 2 aromatic rings. The van der Waals surface area contributed by atoms with E-state index in [1.807, 2.05) is 30.3 Å². The Balaban J connectivity index is 1.19. The van der Waals surface area contributed by atoms with Gasteiger partial charge < -0.3 is 29.9 Å². The second kappa shape index (κ2) is 10.9. The molecule has 0 saturated carbocycles. The van der Waals surface area contributed by atoms with Gasteiger partial charge in [0.1, 0.15) is 0 Å². The monoisotopic (exact) mass is 532 g/mol. The lowest BCUT2D eigenvalue weighted by Gasteiger charge is -2.38. The zero-order valence-corrected chi connectivity index (χ0v) is 23.0. The number of ether oxygens (including phenoxy) is 1. The summed E-state index contributed by atoms with van der Waals surface area (Å²) in [7, 11) is 1.76. The normalized spacial score (nSPS) is 27.2. The van der Waals surface area contributed by atoms with E-state index in [2.05, 4.69) is 34.2 Å². The summed E-state index contributed by atoms with van der Waals surface area (Å²) in [6, 6.07) is 14.2. The number of hydrogen-bond donors (Lipinski definition) is 2. The molecule has 4 aliphatic heterocycles. The van der Waals surface area contributed by atoms with Crippen molar-refractivity contribution in [2.75, 3.05) is 38.2 Å². The van der Waals surface area contributed by atoms with Crippen molar-refractivity contribution in [2.45, 2.75) is 75.9 Å². The summed E-state index contributed by atoms with van der Waals surface area (Å²) in [6.07, 6.45) is 4.13. The van der Waals surface area contributed by atoms with Crippen LogP contribution in [0.25, 0.3) is 0 Å². The van der Waals surface area contributed by atoms with Gasteiger partial charge in [0.05, 0.1) is 23.5 Å². The Kier molecular flexibility index (Phi) is 7.35. The molecule has 0 spiro atoms. The Morgan fingerprint density at radius 2 is 1.79 bits per heavy atom. The Morgan fingerprint density at radius 3 is 2.51 bits per heavy atom. The van der Waals surface area contributed by atoms with Crippen molar-refractivity contribution in [1.82, 2.24) is 15.1 Å². The van der Waals surface area contributed by atoms with Gasteiger partial charge in [-0.05, 0) is 68.4 Å². The number of hydrogen-bond acceptors (Lipinski definition) is 6. The molecule has 8 heteroatoms. The van der Waals surface area contributed by atoms with Crippen molar-refractivity contribution in [3.63, 3.8) is 0 Å². The number of piperidine rings is 1. The number of nitrogens with one attached hydrogen (secondary N) is 1. The van der Waals surface area contributed by atoms with Crippen LogP contribution >= 0.6 is 0 Å². The van der Waals surface area contributed by atoms with E-state index in [0.29, 0.717) is 24.2 Å². The molecule has 2 amide bonds. The Morgan fingerprint density at radius 1 is 1.08 bits per heavy atom. The Bertz CT molecular complexity index is 1220. The van der Waals surface area contributed by atoms with Gasteiger partial charge in [0, 0.05) is 63.5 Å². The number of β-amino-alcohol motifs (C(OH)–C–C–N with tert-alkyl or cyclic N) is 1. The standard InChI is InChI=1S/C31H40N4O4/c1-3-33-12-13-34(19-29(36)27-14-20-6-4-5-7-22(20)18-32-27)31(38)26-11-8-21(15-28(26)33)30(37)35-23-9-10-24(35)17-25(16-23)39-2/h4-8,11,15,23-25,27,29,32,36H,3,9-10,12-14,16-19H2,1-2H3/t23?,24?,25?,27-,29?/m0/s1. The number of carbonyl (C=O) groups excluding carboxylic acids is 2. The van der Waals surface area contributed by atoms with Crippen LogP contribution in [0.5, 0.6) is 0 Å². The van der Waals surface area contributed by atoms with E-state index in [1.54, 1.807) is 12.0 Å². The van der Waals surface area contributed by atoms with E-state index >= 15 is 0 Å². The van der Waals surface area contributed by atoms with Crippen molar-refractivity contribution in [1.29, 1.82) is 0 Å². The van der Waals surface area contributed by atoms with Crippen molar-refractivity contribution in [3.8, 4) is 0 Å². The highest BCUT2D eigenvalue weighted by Crippen LogP contribution is 2.38. The van der Waals surface area contributed by atoms with Gasteiger partial charge >= 0.3 is 0 Å². The van der Waals surface area contributed by atoms with Crippen LogP contribution in [-0.4, -0.2) is 90.3 Å². The molecule has 2 bridgehead atoms. The molecule has 2 aromatic carbocycles. The third-order valence-electron chi connectivity index (χ3n) is 9.37. The maximum atomic E-state index is 13.7. The molecule has 2 saturated heterocycles. The molecule has 208 valence electrons. The number of methoxy groups -OCH3 is 1. The molecule has 2 fully saturated rings. The summed E-state index contributed by atoms with van der Waals surface area (Å²) >= 11 is 0. The Hall–Kier alpha value is -2.94. The highest BCUT2D eigenvalue weighted by Gasteiger charge is 2.44. The number of fused-ring (bicyclic) bond motifs is 4. The van der Waals surface area contributed by atoms with Gasteiger partial charge in [0.15, 0.2) is 0 Å². The van der Waals surface area contributed by atoms with Gasteiger partial charge in [-0.3, -0.25) is 9.59 Å². The van der Waals surface area contributed by atoms with E-state index in [4.69, 9.17) is 4.74 Å². The average Bonchev–Trinajstić information content (AvgIpc) is 3.16. The lowest BCUT2D eigenvalue weighted by Crippen LogP contribution is -2.50. The van der Waals surface area contributed by atoms with Crippen LogP contribution in [-0.2, 0) is 17.7 Å². The number of aliphatic hydroxyl groups excluding tert-OH is 1. The summed E-state index contributed by atoms with van der Waals surface area (Å²) < 4.78 is 5.62. The van der Waals surface area contributed by atoms with Crippen LogP contribution in [0.2, 0.25) is 0 Å². The average molecular weight is 533 g/mol. The number of benzene rings is 2. The molecule has 4 atom stereocenters. The second-order valence-corrected chi connectivity index (χ2v) is 11.5. The van der Waals surface area contributed by atoms with Gasteiger partial charge in [-0.1, -0.05) is 24.3 Å². The van der Waals surface area contributed by atoms with E-state index in [9.17, 15) is 14.7 Å². The first-order valence-corrected chi connectivity index (χ1v) is 14.5. The molecule has 0 aliphatic carbocycles. The fraction of sp³-hybridized carbons (Fsp3) is 0.548. The fourth-order valence-corrected chi connectivity index (χ4v) is 7.15. The van der Waals surface area contributed by atoms with Crippen LogP contribution in [0.15, 0.2) is 42.5 Å². The number of nitrogens with zero attached hydrogens (tertiary/aromatic N) is 3. The van der Waals surface area contributed by atoms with Crippen molar-refractivity contribution < 1.29 is 19.4 Å². The first kappa shape index (κ1) is 26.3. The van der Waals surface area contributed by atoms with Crippen LogP contribution in [0, 0.1) is 0 Å². The first-order chi connectivity index (χ1) is 19.0. The third-order valence-corrected chi connectivity index (χ3v) is 9.37. The van der Waals surface area contributed by atoms with E-state index < -0.39 is 6.10 Å². The van der Waals surface area contributed by atoms with E-state index in [0.717, 1.165) is 50.9 Å². The lowest BCUT2D eigenvalue weighted by molar-refractivity contribution is 0.00821. The molecule has 4 heterocycles. The smallest absolute Gasteiger partial charge is 0.256 e. The van der Waals surface area contributed by atoms with Gasteiger partial charge in [0.25, 0.3) is 11.8 Å². The number of carbonyl (C=O) groups is 2. The summed E-state index contributed by atoms with van der Waals surface area (Å²) in [4.78, 5) is 33.5. The maximum absolute atomic E-state index is 13.7. The highest BCUT2D eigenvalue weighted by molar-refractivity contribution is 6.03. The zero-order valence-electron chi connectivity index (χ0n) is 23.0. The van der Waals surface area contributed by atoms with Crippen LogP contribution < -0.4 is 10.2 Å². The minimum absolute atomic E-state index is 0.0588. The molecule has 6 rings (SSSR count). The topological polar surface area (TPSA) is 85.3 Å². The van der Waals surface area contributed by atoms with Crippen LogP contribution in [0.4, 0.5) is 5.69 Å². The summed E-state index contributed by atoms with van der Waals surface area (Å²) in [5.74, 6) is -0.0280. The second-order valence-electron chi connectivity index (χ2n) is 11.5. The molecule has 3 unspecified atom stereocenters. The minimum atomic E-state index is -0.676. The molecule has 39 heavy (non-hydrogen) atoms. The first-order valence-electron chi connectivity index (χ1n) is 14.5. The van der Waals surface area contributed by atoms with Gasteiger partial charge in [0.2, 0.25) is 0 Å². The summed E-state index contributed by atoms with van der Waals surface area (Å²) in [5.41, 5.74) is 4.57. The van der Waals surface area contributed by atoms with Crippen LogP contribution in [0.3, 0.4) is 0 Å². The molecule has 0 aromatic heterocycles. The van der Waals surface area contributed by atoms with Crippen molar-refractivity contribution >= 4 is 17.5 Å². The molecular formula is C31H40N4O4. The predicted octanol–water partition coefficient (Wildman–Crippen LogP) is 2.83. The molecular weight excluding hydrogens is 492 g/mol. The number of anilines is 1. The molecule has 2 N–H and O–H groups in total. The molecule has 8 nitrogen and oxygen atoms in total. The highest BCUT2D eigenvalue weighted by atomic mass is 16.5. The Labute approximate surface area is 230 Å². The summed E-state index contributed by atoms with van der Waals surface area (Å²) in [6.45, 7) is 4.99. The number of rotatable bonds is 6. The lowest BCUT2D eigenvalue weighted by atomic mass is 9.92. The number of aliphatic hydroxyl groups is 1. The number of likely N-dealkylation sites (N-methyl/N-ethyl adjacent to an activating group) is 1. The predicted molar refractivity (Wildman–Crippen MR) is 150 cm³/mol. The van der Waals surface area contributed by atoms with Gasteiger partial charge in [-0.2, -0.15) is 0 Å².